The minimum Gasteiger partial charge on any atom is -0.378 e. The highest BCUT2D eigenvalue weighted by molar-refractivity contribution is 5.72. The van der Waals surface area contributed by atoms with Gasteiger partial charge in [-0.25, -0.2) is 9.67 Å². The molecule has 3 heterocycles. The van der Waals surface area contributed by atoms with Crippen molar-refractivity contribution in [3.8, 4) is 17.2 Å². The zero-order chi connectivity index (χ0) is 22.8. The van der Waals surface area contributed by atoms with Crippen molar-refractivity contribution < 1.29 is 4.74 Å². The van der Waals surface area contributed by atoms with Crippen molar-refractivity contribution in [1.29, 1.82) is 0 Å². The van der Waals surface area contributed by atoms with Crippen molar-refractivity contribution in [2.45, 2.75) is 20.3 Å². The second-order valence-electron chi connectivity index (χ2n) is 8.28. The lowest BCUT2D eigenvalue weighted by Crippen LogP contribution is -2.37. The van der Waals surface area contributed by atoms with E-state index >= 15 is 0 Å². The Morgan fingerprint density at radius 1 is 1.12 bits per heavy atom. The summed E-state index contributed by atoms with van der Waals surface area (Å²) in [6.07, 6.45) is 6.93. The zero-order valence-corrected chi connectivity index (χ0v) is 19.1. The van der Waals surface area contributed by atoms with Gasteiger partial charge in [0.2, 0.25) is 0 Å². The third-order valence-corrected chi connectivity index (χ3v) is 5.84. The number of allylic oxidation sites excluding steroid dienone is 3. The second kappa shape index (κ2) is 9.03. The Hall–Kier alpha value is -3.71. The van der Waals surface area contributed by atoms with Crippen molar-refractivity contribution in [1.82, 2.24) is 25.1 Å². The average molecular weight is 441 g/mol. The number of hydrogen-bond acceptors (Lipinski definition) is 6. The molecule has 168 valence electrons. The van der Waals surface area contributed by atoms with E-state index in [0.29, 0.717) is 19.2 Å². The average Bonchev–Trinajstić information content (AvgIpc) is 3.50. The number of aromatic nitrogens is 4. The molecule has 1 aliphatic carbocycles. The third kappa shape index (κ3) is 4.32. The van der Waals surface area contributed by atoms with E-state index < -0.39 is 0 Å². The maximum Gasteiger partial charge on any atom is 0.253 e. The van der Waals surface area contributed by atoms with Crippen LogP contribution in [0.3, 0.4) is 0 Å². The normalized spacial score (nSPS) is 15.9. The number of nitrogens with one attached hydrogen (secondary N) is 1. The molecule has 2 aliphatic rings. The number of fused-ring (bicyclic) bond motifs is 1. The lowest BCUT2D eigenvalue weighted by atomic mass is 10.1. The molecule has 0 unspecified atom stereocenters. The fourth-order valence-corrected chi connectivity index (χ4v) is 4.25. The van der Waals surface area contributed by atoms with Crippen LogP contribution in [0.4, 0.5) is 5.82 Å². The Labute approximate surface area is 194 Å². The summed E-state index contributed by atoms with van der Waals surface area (Å²) in [7, 11) is 0. The molecule has 1 aromatic carbocycles. The number of nitrogens with zero attached hydrogens (tertiary/aromatic N) is 5. The molecule has 0 spiro atoms. The Balaban J connectivity index is 1.55. The summed E-state index contributed by atoms with van der Waals surface area (Å²) < 4.78 is 7.35. The van der Waals surface area contributed by atoms with Gasteiger partial charge in [-0.1, -0.05) is 43.0 Å². The van der Waals surface area contributed by atoms with Crippen LogP contribution in [0, 0.1) is 0 Å². The molecule has 1 N–H and O–H groups in total. The first-order valence-corrected chi connectivity index (χ1v) is 11.3. The first kappa shape index (κ1) is 21.2. The Morgan fingerprint density at radius 3 is 2.64 bits per heavy atom. The van der Waals surface area contributed by atoms with Crippen molar-refractivity contribution in [2.24, 2.45) is 0 Å². The Kier molecular flexibility index (Phi) is 5.79. The van der Waals surface area contributed by atoms with Gasteiger partial charge < -0.3 is 15.0 Å². The predicted molar refractivity (Wildman–Crippen MR) is 131 cm³/mol. The van der Waals surface area contributed by atoms with E-state index in [9.17, 15) is 0 Å². The van der Waals surface area contributed by atoms with Gasteiger partial charge in [0.1, 0.15) is 5.82 Å². The molecule has 0 radical (unpaired) electrons. The molecule has 2 aromatic heterocycles. The summed E-state index contributed by atoms with van der Waals surface area (Å²) in [6.45, 7) is 11.0. The van der Waals surface area contributed by atoms with Crippen LogP contribution in [0.1, 0.15) is 25.1 Å². The van der Waals surface area contributed by atoms with Crippen LogP contribution in [-0.4, -0.2) is 46.1 Å². The second-order valence-corrected chi connectivity index (χ2v) is 8.28. The van der Waals surface area contributed by atoms with Crippen LogP contribution < -0.4 is 10.2 Å². The van der Waals surface area contributed by atoms with Crippen LogP contribution >= 0.6 is 0 Å². The van der Waals surface area contributed by atoms with Crippen LogP contribution in [0.15, 0.2) is 72.2 Å². The van der Waals surface area contributed by atoms with E-state index in [1.807, 2.05) is 44.3 Å². The van der Waals surface area contributed by atoms with Crippen molar-refractivity contribution in [3.05, 3.63) is 83.5 Å². The standard InChI is InChI=1S/C26H28N6O/c1-4-22(27-18(2)3)20-16-21-24(17-20)28-26(29-25(21)31-12-14-33-15-13-31)32-11-10-23(30-32)19-8-6-5-7-9-19/h4-11,17,27H,2,12-16H2,1,3H3/b22-4-. The molecule has 7 nitrogen and oxygen atoms in total. The van der Waals surface area contributed by atoms with Gasteiger partial charge in [-0.15, -0.1) is 0 Å². The Morgan fingerprint density at radius 2 is 1.91 bits per heavy atom. The third-order valence-electron chi connectivity index (χ3n) is 5.84. The van der Waals surface area contributed by atoms with Crippen LogP contribution in [0.2, 0.25) is 0 Å². The predicted octanol–water partition coefficient (Wildman–Crippen LogP) is 4.13. The SMILES string of the molecule is C=C(C)N/C(=C\C)C1=Cc2nc(-n3ccc(-c4ccccc4)n3)nc(N3CCOCC3)c2C1. The lowest BCUT2D eigenvalue weighted by Gasteiger charge is -2.29. The summed E-state index contributed by atoms with van der Waals surface area (Å²) in [6, 6.07) is 12.1. The van der Waals surface area contributed by atoms with Gasteiger partial charge >= 0.3 is 0 Å². The zero-order valence-electron chi connectivity index (χ0n) is 19.1. The van der Waals surface area contributed by atoms with Gasteiger partial charge in [0.05, 0.1) is 24.6 Å². The molecule has 33 heavy (non-hydrogen) atoms. The van der Waals surface area contributed by atoms with Gasteiger partial charge in [0.25, 0.3) is 5.95 Å². The maximum atomic E-state index is 5.58. The first-order valence-electron chi connectivity index (χ1n) is 11.3. The summed E-state index contributed by atoms with van der Waals surface area (Å²) in [4.78, 5) is 12.2. The van der Waals surface area contributed by atoms with Crippen molar-refractivity contribution >= 4 is 11.9 Å². The monoisotopic (exact) mass is 440 g/mol. The van der Waals surface area contributed by atoms with Gasteiger partial charge in [-0.05, 0) is 31.6 Å². The molecule has 7 heteroatoms. The van der Waals surface area contributed by atoms with Crippen LogP contribution in [0.25, 0.3) is 23.3 Å². The molecule has 3 aromatic rings. The maximum absolute atomic E-state index is 5.58. The molecule has 0 atom stereocenters. The summed E-state index contributed by atoms with van der Waals surface area (Å²) in [5.41, 5.74) is 7.19. The fourth-order valence-electron chi connectivity index (χ4n) is 4.25. The molecular weight excluding hydrogens is 412 g/mol. The van der Waals surface area contributed by atoms with Crippen LogP contribution in [-0.2, 0) is 11.2 Å². The fraction of sp³-hybridized carbons (Fsp3) is 0.269. The summed E-state index contributed by atoms with van der Waals surface area (Å²) in [5.74, 6) is 1.54. The largest absolute Gasteiger partial charge is 0.378 e. The quantitative estimate of drug-likeness (QED) is 0.622. The van der Waals surface area contributed by atoms with E-state index in [1.54, 1.807) is 4.68 Å². The molecule has 0 bridgehead atoms. The molecular formula is C26H28N6O. The number of anilines is 1. The number of benzene rings is 1. The van der Waals surface area contributed by atoms with E-state index in [0.717, 1.165) is 59.2 Å². The van der Waals surface area contributed by atoms with Gasteiger partial charge in [-0.2, -0.15) is 10.1 Å². The minimum atomic E-state index is 0.574. The van der Waals surface area contributed by atoms with Crippen molar-refractivity contribution in [2.75, 3.05) is 31.2 Å². The van der Waals surface area contributed by atoms with Gasteiger partial charge in [0, 0.05) is 48.2 Å². The minimum absolute atomic E-state index is 0.574. The number of morpholine rings is 1. The topological polar surface area (TPSA) is 68.1 Å². The molecule has 5 rings (SSSR count). The molecule has 1 saturated heterocycles. The van der Waals surface area contributed by atoms with E-state index in [4.69, 9.17) is 19.8 Å². The first-order chi connectivity index (χ1) is 16.1. The smallest absolute Gasteiger partial charge is 0.253 e. The highest BCUT2D eigenvalue weighted by Crippen LogP contribution is 2.34. The van der Waals surface area contributed by atoms with Gasteiger partial charge in [-0.3, -0.25) is 0 Å². The highest BCUT2D eigenvalue weighted by atomic mass is 16.5. The van der Waals surface area contributed by atoms with E-state index in [2.05, 4.69) is 41.1 Å². The van der Waals surface area contributed by atoms with E-state index in [1.165, 1.54) is 5.57 Å². The molecule has 1 aliphatic heterocycles. The Bertz CT molecular complexity index is 1230. The molecule has 1 fully saturated rings. The van der Waals surface area contributed by atoms with Gasteiger partial charge in [0.15, 0.2) is 0 Å². The lowest BCUT2D eigenvalue weighted by molar-refractivity contribution is 0.122. The molecule has 0 amide bonds. The van der Waals surface area contributed by atoms with Crippen molar-refractivity contribution in [3.63, 3.8) is 0 Å². The number of hydrogen-bond donors (Lipinski definition) is 1. The molecule has 0 saturated carbocycles. The van der Waals surface area contributed by atoms with Crippen LogP contribution in [0.5, 0.6) is 0 Å². The van der Waals surface area contributed by atoms with E-state index in [-0.39, 0.29) is 0 Å². The number of rotatable bonds is 6. The summed E-state index contributed by atoms with van der Waals surface area (Å²) >= 11 is 0. The number of ether oxygens (including phenoxy) is 1. The highest BCUT2D eigenvalue weighted by Gasteiger charge is 2.26. The summed E-state index contributed by atoms with van der Waals surface area (Å²) in [5, 5.41) is 8.14.